The van der Waals surface area contributed by atoms with Crippen LogP contribution in [-0.2, 0) is 6.42 Å². The SMILES string of the molecule is c1c(-c2ccccc2-c2sc(-c3cccc(-c4ccccc4)c3)c3c2CCC=C3)cc2c(c#1)oc1ccccc12. The first-order valence-corrected chi connectivity index (χ1v) is 14.5. The van der Waals surface area contributed by atoms with E-state index in [0.29, 0.717) is 0 Å². The van der Waals surface area contributed by atoms with Crippen LogP contribution in [0.25, 0.3) is 71.1 Å². The standard InChI is InChI=1S/C38H24OS/c1-2-11-25(12-3-1)26-13-10-14-28(23-26)37-32-18-6-7-19-33(32)38(40-37)31-17-5-4-15-29(31)27-21-22-36-34(24-27)30-16-8-9-20-35(30)39-36/h1-6,8-18,20,23-24H,7,19H2. The number of benzene rings is 4. The Hall–Kier alpha value is -4.84. The molecular formula is C38H24OS. The van der Waals surface area contributed by atoms with Gasteiger partial charge in [-0.2, -0.15) is 0 Å². The van der Waals surface area contributed by atoms with Gasteiger partial charge in [-0.25, -0.2) is 0 Å². The van der Waals surface area contributed by atoms with Gasteiger partial charge in [0.15, 0.2) is 5.58 Å². The fourth-order valence-corrected chi connectivity index (χ4v) is 7.27. The average Bonchev–Trinajstić information content (AvgIpc) is 3.60. The molecule has 0 aliphatic heterocycles. The second-order valence-electron chi connectivity index (χ2n) is 10.2. The van der Waals surface area contributed by atoms with Gasteiger partial charge in [0, 0.05) is 31.7 Å². The highest BCUT2D eigenvalue weighted by Gasteiger charge is 2.22. The first-order chi connectivity index (χ1) is 19.8. The second kappa shape index (κ2) is 9.42. The Morgan fingerprint density at radius 1 is 0.625 bits per heavy atom. The molecule has 7 aromatic rings. The van der Waals surface area contributed by atoms with Gasteiger partial charge < -0.3 is 4.42 Å². The lowest BCUT2D eigenvalue weighted by Gasteiger charge is -2.12. The first-order valence-electron chi connectivity index (χ1n) is 13.7. The van der Waals surface area contributed by atoms with Crippen LogP contribution < -0.4 is 0 Å². The third-order valence-corrected chi connectivity index (χ3v) is 9.15. The molecule has 1 aliphatic carbocycles. The van der Waals surface area contributed by atoms with Crippen LogP contribution in [0.3, 0.4) is 0 Å². The van der Waals surface area contributed by atoms with Gasteiger partial charge in [-0.1, -0.05) is 109 Å². The maximum absolute atomic E-state index is 6.03. The summed E-state index contributed by atoms with van der Waals surface area (Å²) < 4.78 is 6.03. The van der Waals surface area contributed by atoms with Crippen molar-refractivity contribution in [2.45, 2.75) is 12.8 Å². The fourth-order valence-electron chi connectivity index (χ4n) is 5.90. The highest BCUT2D eigenvalue weighted by molar-refractivity contribution is 7.19. The van der Waals surface area contributed by atoms with Gasteiger partial charge >= 0.3 is 0 Å². The molecule has 2 heterocycles. The maximum Gasteiger partial charge on any atom is 0.185 e. The van der Waals surface area contributed by atoms with Gasteiger partial charge in [-0.15, -0.1) is 11.3 Å². The molecule has 0 bridgehead atoms. The molecule has 0 unspecified atom stereocenters. The quantitative estimate of drug-likeness (QED) is 0.221. The summed E-state index contributed by atoms with van der Waals surface area (Å²) in [6, 6.07) is 45.4. The van der Waals surface area contributed by atoms with Crippen LogP contribution >= 0.6 is 11.3 Å². The van der Waals surface area contributed by atoms with Gasteiger partial charge in [-0.3, -0.25) is 0 Å². The average molecular weight is 529 g/mol. The molecule has 188 valence electrons. The molecule has 0 saturated heterocycles. The predicted octanol–water partition coefficient (Wildman–Crippen LogP) is 10.9. The van der Waals surface area contributed by atoms with Gasteiger partial charge in [0.1, 0.15) is 5.58 Å². The lowest BCUT2D eigenvalue weighted by Crippen LogP contribution is -1.94. The molecule has 0 fully saturated rings. The normalized spacial score (nSPS) is 12.5. The van der Waals surface area contributed by atoms with Crippen molar-refractivity contribution >= 4 is 39.4 Å². The van der Waals surface area contributed by atoms with E-state index >= 15 is 0 Å². The zero-order valence-corrected chi connectivity index (χ0v) is 22.6. The molecule has 0 amide bonds. The molecule has 0 spiro atoms. The number of fused-ring (bicyclic) bond motifs is 4. The largest absolute Gasteiger partial charge is 0.447 e. The van der Waals surface area contributed by atoms with E-state index < -0.39 is 0 Å². The summed E-state index contributed by atoms with van der Waals surface area (Å²) in [6.45, 7) is 0. The fraction of sp³-hybridized carbons (Fsp3) is 0.0526. The summed E-state index contributed by atoms with van der Waals surface area (Å²) >= 11 is 1.91. The molecule has 0 saturated carbocycles. The lowest BCUT2D eigenvalue weighted by molar-refractivity contribution is 0.669. The Kier molecular flexibility index (Phi) is 5.43. The van der Waals surface area contributed by atoms with Crippen molar-refractivity contribution in [1.82, 2.24) is 0 Å². The van der Waals surface area contributed by atoms with Crippen molar-refractivity contribution in [2.24, 2.45) is 0 Å². The highest BCUT2D eigenvalue weighted by Crippen LogP contribution is 2.48. The molecule has 1 nitrogen and oxygen atoms in total. The molecule has 8 rings (SSSR count). The van der Waals surface area contributed by atoms with Crippen LogP contribution in [0.4, 0.5) is 0 Å². The summed E-state index contributed by atoms with van der Waals surface area (Å²) in [7, 11) is 0. The zero-order chi connectivity index (χ0) is 26.5. The molecule has 0 radical (unpaired) electrons. The Morgan fingerprint density at radius 3 is 2.33 bits per heavy atom. The van der Waals surface area contributed by atoms with Gasteiger partial charge in [0.25, 0.3) is 0 Å². The third-order valence-electron chi connectivity index (χ3n) is 7.82. The molecular weight excluding hydrogens is 504 g/mol. The lowest BCUT2D eigenvalue weighted by atomic mass is 9.91. The van der Waals surface area contributed by atoms with Crippen LogP contribution in [-0.4, -0.2) is 0 Å². The van der Waals surface area contributed by atoms with Crippen molar-refractivity contribution in [3.63, 3.8) is 0 Å². The van der Waals surface area contributed by atoms with Gasteiger partial charge in [-0.05, 0) is 70.5 Å². The molecule has 1 aliphatic rings. The number of hydrogen-bond donors (Lipinski definition) is 0. The summed E-state index contributed by atoms with van der Waals surface area (Å²) in [4.78, 5) is 2.68. The number of hydrogen-bond acceptors (Lipinski definition) is 2. The summed E-state index contributed by atoms with van der Waals surface area (Å²) in [5.41, 5.74) is 11.7. The van der Waals surface area contributed by atoms with E-state index in [1.807, 2.05) is 23.5 Å². The third kappa shape index (κ3) is 3.79. The molecule has 2 aromatic heterocycles. The Balaban J connectivity index is 1.29. The van der Waals surface area contributed by atoms with Gasteiger partial charge in [0.05, 0.1) is 0 Å². The first kappa shape index (κ1) is 23.1. The summed E-state index contributed by atoms with van der Waals surface area (Å²) in [5, 5.41) is 2.19. The zero-order valence-electron chi connectivity index (χ0n) is 21.8. The van der Waals surface area contributed by atoms with E-state index in [1.54, 1.807) is 0 Å². The molecule has 0 atom stereocenters. The minimum Gasteiger partial charge on any atom is -0.447 e. The van der Waals surface area contributed by atoms with Crippen molar-refractivity contribution in [2.75, 3.05) is 0 Å². The van der Waals surface area contributed by atoms with Crippen molar-refractivity contribution in [3.8, 4) is 43.1 Å². The minimum absolute atomic E-state index is 0.752. The number of thiophene rings is 1. The van der Waals surface area contributed by atoms with E-state index in [4.69, 9.17) is 4.42 Å². The smallest absolute Gasteiger partial charge is 0.185 e. The molecule has 40 heavy (non-hydrogen) atoms. The van der Waals surface area contributed by atoms with E-state index in [1.165, 1.54) is 48.7 Å². The Bertz CT molecular complexity index is 2050. The van der Waals surface area contributed by atoms with E-state index in [2.05, 4.69) is 121 Å². The highest BCUT2D eigenvalue weighted by atomic mass is 32.1. The van der Waals surface area contributed by atoms with Crippen LogP contribution in [0.1, 0.15) is 17.5 Å². The van der Waals surface area contributed by atoms with Crippen molar-refractivity contribution in [3.05, 3.63) is 139 Å². The molecule has 0 N–H and O–H groups in total. The van der Waals surface area contributed by atoms with E-state index in [0.717, 1.165) is 40.3 Å². The Morgan fingerprint density at radius 2 is 1.40 bits per heavy atom. The number of rotatable bonds is 4. The number of allylic oxidation sites excluding steroid dienone is 1. The topological polar surface area (TPSA) is 13.1 Å². The van der Waals surface area contributed by atoms with E-state index in [-0.39, 0.29) is 0 Å². The van der Waals surface area contributed by atoms with Crippen LogP contribution in [0, 0.1) is 12.1 Å². The van der Waals surface area contributed by atoms with Crippen LogP contribution in [0.5, 0.6) is 0 Å². The summed E-state index contributed by atoms with van der Waals surface area (Å²) in [6.07, 6.45) is 6.76. The molecule has 5 aromatic carbocycles. The van der Waals surface area contributed by atoms with Crippen molar-refractivity contribution in [1.29, 1.82) is 0 Å². The van der Waals surface area contributed by atoms with Crippen LogP contribution in [0.15, 0.2) is 120 Å². The Labute approximate surface area is 237 Å². The minimum atomic E-state index is 0.752. The second-order valence-corrected chi connectivity index (χ2v) is 11.3. The van der Waals surface area contributed by atoms with Crippen LogP contribution in [0.2, 0.25) is 0 Å². The van der Waals surface area contributed by atoms with Crippen molar-refractivity contribution < 1.29 is 4.42 Å². The number of furan rings is 1. The van der Waals surface area contributed by atoms with E-state index in [9.17, 15) is 0 Å². The maximum atomic E-state index is 6.03. The monoisotopic (exact) mass is 528 g/mol. The number of para-hydroxylation sites is 1. The summed E-state index contributed by atoms with van der Waals surface area (Å²) in [5.74, 6) is 0. The predicted molar refractivity (Wildman–Crippen MR) is 168 cm³/mol. The molecule has 2 heteroatoms. The van der Waals surface area contributed by atoms with Gasteiger partial charge in [0.2, 0.25) is 0 Å².